The van der Waals surface area contributed by atoms with E-state index in [2.05, 4.69) is 21.7 Å². The summed E-state index contributed by atoms with van der Waals surface area (Å²) < 4.78 is 16.7. The van der Waals surface area contributed by atoms with Crippen LogP contribution >= 0.6 is 0 Å². The van der Waals surface area contributed by atoms with Crippen LogP contribution in [0.5, 0.6) is 0 Å². The molecule has 0 saturated carbocycles. The van der Waals surface area contributed by atoms with Crippen LogP contribution in [0.15, 0.2) is 73.2 Å². The van der Waals surface area contributed by atoms with Crippen molar-refractivity contribution >= 4 is 10.8 Å². The molecule has 0 aliphatic carbocycles. The highest BCUT2D eigenvalue weighted by Crippen LogP contribution is 2.43. The minimum absolute atomic E-state index is 0.0513. The average molecular weight is 344 g/mol. The van der Waals surface area contributed by atoms with Crippen molar-refractivity contribution < 1.29 is 9.50 Å². The van der Waals surface area contributed by atoms with E-state index in [1.54, 1.807) is 12.4 Å². The fraction of sp³-hybridized carbons (Fsp3) is 0.136. The van der Waals surface area contributed by atoms with Crippen molar-refractivity contribution in [3.8, 4) is 11.3 Å². The van der Waals surface area contributed by atoms with Gasteiger partial charge in [-0.1, -0.05) is 48.5 Å². The van der Waals surface area contributed by atoms with Crippen molar-refractivity contribution in [3.05, 3.63) is 90.1 Å². The fourth-order valence-electron chi connectivity index (χ4n) is 4.00. The molecule has 2 atom stereocenters. The van der Waals surface area contributed by atoms with Crippen LogP contribution in [0.4, 0.5) is 4.39 Å². The van der Waals surface area contributed by atoms with E-state index >= 15 is 0 Å². The number of aromatic nitrogens is 2. The van der Waals surface area contributed by atoms with Crippen molar-refractivity contribution in [1.82, 2.24) is 9.55 Å². The molecule has 0 spiro atoms. The third-order valence-electron chi connectivity index (χ3n) is 5.27. The fourth-order valence-corrected chi connectivity index (χ4v) is 4.00. The van der Waals surface area contributed by atoms with Gasteiger partial charge in [0.05, 0.1) is 30.4 Å². The molecule has 4 heteroatoms. The number of nitrogens with zero attached hydrogens (tertiary/aromatic N) is 2. The monoisotopic (exact) mass is 344 g/mol. The number of rotatable bonds is 3. The zero-order valence-corrected chi connectivity index (χ0v) is 14.0. The molecular formula is C22H17FN2O. The number of aliphatic hydroxyl groups excluding tert-OH is 1. The maximum Gasteiger partial charge on any atom is 0.129 e. The van der Waals surface area contributed by atoms with Crippen molar-refractivity contribution in [2.75, 3.05) is 0 Å². The first kappa shape index (κ1) is 15.3. The number of fused-ring (bicyclic) bond motifs is 4. The van der Waals surface area contributed by atoms with Gasteiger partial charge in [0.1, 0.15) is 5.82 Å². The summed E-state index contributed by atoms with van der Waals surface area (Å²) in [6, 6.07) is 18.9. The van der Waals surface area contributed by atoms with Gasteiger partial charge < -0.3 is 9.67 Å². The Bertz CT molecular complexity index is 1120. The van der Waals surface area contributed by atoms with E-state index in [4.69, 9.17) is 0 Å². The Labute approximate surface area is 150 Å². The van der Waals surface area contributed by atoms with E-state index in [9.17, 15) is 9.50 Å². The topological polar surface area (TPSA) is 38.1 Å². The van der Waals surface area contributed by atoms with Crippen LogP contribution in [0.25, 0.3) is 22.0 Å². The normalized spacial score (nSPS) is 16.5. The summed E-state index contributed by atoms with van der Waals surface area (Å²) in [5.41, 5.74) is 3.65. The van der Waals surface area contributed by atoms with Gasteiger partial charge in [-0.3, -0.25) is 0 Å². The first-order valence-electron chi connectivity index (χ1n) is 8.70. The molecule has 1 aliphatic rings. The maximum atomic E-state index is 14.6. The van der Waals surface area contributed by atoms with Crippen LogP contribution in [-0.2, 0) is 0 Å². The molecule has 0 bridgehead atoms. The average Bonchev–Trinajstić information content (AvgIpc) is 3.24. The van der Waals surface area contributed by atoms with Crippen molar-refractivity contribution in [3.63, 3.8) is 0 Å². The first-order chi connectivity index (χ1) is 12.7. The van der Waals surface area contributed by atoms with E-state index < -0.39 is 6.10 Å². The predicted molar refractivity (Wildman–Crippen MR) is 99.3 cm³/mol. The molecular weight excluding hydrogens is 327 g/mol. The van der Waals surface area contributed by atoms with E-state index in [1.807, 2.05) is 42.6 Å². The second kappa shape index (κ2) is 5.78. The molecule has 1 aromatic heterocycles. The molecule has 5 rings (SSSR count). The molecule has 0 amide bonds. The number of benzene rings is 3. The molecule has 2 unspecified atom stereocenters. The first-order valence-corrected chi connectivity index (χ1v) is 8.70. The van der Waals surface area contributed by atoms with Gasteiger partial charge in [0.15, 0.2) is 0 Å². The summed E-state index contributed by atoms with van der Waals surface area (Å²) >= 11 is 0. The molecule has 1 aliphatic heterocycles. The van der Waals surface area contributed by atoms with E-state index in [0.717, 1.165) is 27.6 Å². The van der Waals surface area contributed by atoms with Crippen molar-refractivity contribution in [1.29, 1.82) is 0 Å². The Balaban J connectivity index is 1.53. The van der Waals surface area contributed by atoms with E-state index in [0.29, 0.717) is 12.0 Å². The summed E-state index contributed by atoms with van der Waals surface area (Å²) in [6.07, 6.45) is 3.12. The molecule has 1 N–H and O–H groups in total. The summed E-state index contributed by atoms with van der Waals surface area (Å²) in [4.78, 5) is 4.24. The highest BCUT2D eigenvalue weighted by Gasteiger charge is 2.30. The predicted octanol–water partition coefficient (Wildman–Crippen LogP) is 4.87. The van der Waals surface area contributed by atoms with Gasteiger partial charge in [0.25, 0.3) is 0 Å². The molecule has 3 nitrogen and oxygen atoms in total. The molecule has 0 saturated heterocycles. The molecule has 26 heavy (non-hydrogen) atoms. The third-order valence-corrected chi connectivity index (χ3v) is 5.27. The van der Waals surface area contributed by atoms with Crippen LogP contribution in [0.1, 0.15) is 29.7 Å². The maximum absolute atomic E-state index is 14.6. The number of aliphatic hydroxyl groups is 1. The van der Waals surface area contributed by atoms with Crippen LogP contribution in [0.3, 0.4) is 0 Å². The third kappa shape index (κ3) is 2.26. The Morgan fingerprint density at radius 1 is 1.04 bits per heavy atom. The second-order valence-electron chi connectivity index (χ2n) is 6.76. The number of hydrogen-bond donors (Lipinski definition) is 1. The van der Waals surface area contributed by atoms with Crippen LogP contribution in [0.2, 0.25) is 0 Å². The minimum atomic E-state index is -0.897. The Hall–Kier alpha value is -2.98. The highest BCUT2D eigenvalue weighted by molar-refractivity contribution is 5.83. The zero-order valence-electron chi connectivity index (χ0n) is 14.0. The van der Waals surface area contributed by atoms with Crippen LogP contribution in [0, 0.1) is 5.82 Å². The van der Waals surface area contributed by atoms with Crippen molar-refractivity contribution in [2.24, 2.45) is 0 Å². The van der Waals surface area contributed by atoms with Crippen LogP contribution < -0.4 is 0 Å². The number of hydrogen-bond acceptors (Lipinski definition) is 2. The number of halogens is 1. The standard InChI is InChI=1S/C22H17FN2O/c23-19-10-15-6-2-1-5-14(15)9-18(19)22(26)11-20-16-7-3-4-8-17(16)21-12-24-13-25(20)21/h1-10,12-13,20,22,26H,11H2. The molecule has 0 fully saturated rings. The van der Waals surface area contributed by atoms with Gasteiger partial charge >= 0.3 is 0 Å². The van der Waals surface area contributed by atoms with Gasteiger partial charge in [-0.25, -0.2) is 9.37 Å². The summed E-state index contributed by atoms with van der Waals surface area (Å²) in [6.45, 7) is 0. The van der Waals surface area contributed by atoms with Crippen molar-refractivity contribution in [2.45, 2.75) is 18.6 Å². The largest absolute Gasteiger partial charge is 0.388 e. The lowest BCUT2D eigenvalue weighted by Gasteiger charge is -2.20. The molecule has 3 aromatic carbocycles. The van der Waals surface area contributed by atoms with E-state index in [-0.39, 0.29) is 11.9 Å². The number of imidazole rings is 1. The zero-order chi connectivity index (χ0) is 17.7. The summed E-state index contributed by atoms with van der Waals surface area (Å²) in [5, 5.41) is 12.6. The molecule has 4 aromatic rings. The van der Waals surface area contributed by atoms with E-state index in [1.165, 1.54) is 6.07 Å². The Morgan fingerprint density at radius 2 is 1.77 bits per heavy atom. The summed E-state index contributed by atoms with van der Waals surface area (Å²) in [5.74, 6) is -0.367. The molecule has 128 valence electrons. The molecule has 2 heterocycles. The van der Waals surface area contributed by atoms with Gasteiger partial charge in [-0.15, -0.1) is 0 Å². The quantitative estimate of drug-likeness (QED) is 0.576. The Morgan fingerprint density at radius 3 is 2.62 bits per heavy atom. The molecule has 0 radical (unpaired) electrons. The SMILES string of the molecule is OC(CC1c2ccccc2-c2cncn21)c1cc2ccccc2cc1F. The van der Waals surface area contributed by atoms with Crippen LogP contribution in [-0.4, -0.2) is 14.7 Å². The summed E-state index contributed by atoms with van der Waals surface area (Å²) in [7, 11) is 0. The highest BCUT2D eigenvalue weighted by atomic mass is 19.1. The van der Waals surface area contributed by atoms with Gasteiger partial charge in [-0.05, 0) is 28.5 Å². The lowest BCUT2D eigenvalue weighted by molar-refractivity contribution is 0.149. The smallest absolute Gasteiger partial charge is 0.129 e. The van der Waals surface area contributed by atoms with Gasteiger partial charge in [0.2, 0.25) is 0 Å². The Kier molecular flexibility index (Phi) is 3.40. The lowest BCUT2D eigenvalue weighted by Crippen LogP contribution is -2.11. The minimum Gasteiger partial charge on any atom is -0.388 e. The second-order valence-corrected chi connectivity index (χ2v) is 6.76. The lowest BCUT2D eigenvalue weighted by atomic mass is 9.94. The van der Waals surface area contributed by atoms with Gasteiger partial charge in [-0.2, -0.15) is 0 Å². The van der Waals surface area contributed by atoms with Gasteiger partial charge in [0, 0.05) is 17.5 Å².